The summed E-state index contributed by atoms with van der Waals surface area (Å²) >= 11 is 5.77. The lowest BCUT2D eigenvalue weighted by Crippen LogP contribution is -1.99. The topological polar surface area (TPSA) is 50.9 Å². The summed E-state index contributed by atoms with van der Waals surface area (Å²) in [6.07, 6.45) is 4.34. The van der Waals surface area contributed by atoms with Crippen molar-refractivity contribution < 1.29 is 5.11 Å². The highest BCUT2D eigenvalue weighted by Gasteiger charge is 2.12. The fourth-order valence-electron chi connectivity index (χ4n) is 1.47. The first-order valence-corrected chi connectivity index (χ1v) is 5.40. The van der Waals surface area contributed by atoms with Gasteiger partial charge in [-0.15, -0.1) is 0 Å². The minimum Gasteiger partial charge on any atom is -0.384 e. The third-order valence-electron chi connectivity index (χ3n) is 2.36. The molecule has 0 aliphatic carbocycles. The highest BCUT2D eigenvalue weighted by atomic mass is 35.5. The van der Waals surface area contributed by atoms with Gasteiger partial charge in [-0.1, -0.05) is 11.6 Å². The largest absolute Gasteiger partial charge is 0.384 e. The van der Waals surface area contributed by atoms with Crippen molar-refractivity contribution in [3.05, 3.63) is 47.0 Å². The summed E-state index contributed by atoms with van der Waals surface area (Å²) in [4.78, 5) is 3.87. The molecule has 2 rings (SSSR count). The summed E-state index contributed by atoms with van der Waals surface area (Å²) in [7, 11) is 0. The van der Waals surface area contributed by atoms with Gasteiger partial charge in [-0.25, -0.2) is 4.98 Å². The number of hydrogen-bond donors (Lipinski definition) is 1. The molecule has 1 atom stereocenters. The molecule has 0 aromatic carbocycles. The second-order valence-electron chi connectivity index (χ2n) is 3.44. The van der Waals surface area contributed by atoms with Gasteiger partial charge in [-0.3, -0.25) is 4.68 Å². The van der Waals surface area contributed by atoms with Crippen LogP contribution in [0.2, 0.25) is 5.15 Å². The summed E-state index contributed by atoms with van der Waals surface area (Å²) in [6.45, 7) is 2.77. The predicted molar refractivity (Wildman–Crippen MR) is 61.2 cm³/mol. The van der Waals surface area contributed by atoms with E-state index in [1.165, 1.54) is 0 Å². The molecule has 2 heterocycles. The van der Waals surface area contributed by atoms with Crippen LogP contribution in [-0.4, -0.2) is 19.9 Å². The maximum atomic E-state index is 10.1. The summed E-state index contributed by atoms with van der Waals surface area (Å²) in [5.41, 5.74) is 1.47. The van der Waals surface area contributed by atoms with Crippen molar-refractivity contribution in [1.82, 2.24) is 14.8 Å². The fourth-order valence-corrected chi connectivity index (χ4v) is 1.66. The lowest BCUT2D eigenvalue weighted by Gasteiger charge is -2.08. The summed E-state index contributed by atoms with van der Waals surface area (Å²) in [5, 5.41) is 14.6. The number of pyridine rings is 1. The number of hydrogen-bond acceptors (Lipinski definition) is 3. The molecule has 0 bridgehead atoms. The Labute approximate surface area is 98.5 Å². The highest BCUT2D eigenvalue weighted by Crippen LogP contribution is 2.22. The quantitative estimate of drug-likeness (QED) is 0.832. The molecular weight excluding hydrogens is 226 g/mol. The van der Waals surface area contributed by atoms with E-state index < -0.39 is 6.10 Å². The van der Waals surface area contributed by atoms with E-state index in [0.29, 0.717) is 5.15 Å². The van der Waals surface area contributed by atoms with Crippen LogP contribution in [0.1, 0.15) is 24.2 Å². The number of aryl methyl sites for hydroxylation is 1. The van der Waals surface area contributed by atoms with Gasteiger partial charge in [-0.2, -0.15) is 5.10 Å². The van der Waals surface area contributed by atoms with Gasteiger partial charge < -0.3 is 5.11 Å². The predicted octanol–water partition coefficient (Wildman–Crippen LogP) is 2.03. The Hall–Kier alpha value is -1.39. The maximum Gasteiger partial charge on any atom is 0.129 e. The molecule has 0 saturated heterocycles. The highest BCUT2D eigenvalue weighted by molar-refractivity contribution is 6.29. The summed E-state index contributed by atoms with van der Waals surface area (Å²) < 4.78 is 1.77. The van der Waals surface area contributed by atoms with Gasteiger partial charge >= 0.3 is 0 Å². The lowest BCUT2D eigenvalue weighted by molar-refractivity contribution is 0.220. The minimum absolute atomic E-state index is 0.374. The fraction of sp³-hybridized carbons (Fsp3) is 0.273. The smallest absolute Gasteiger partial charge is 0.129 e. The Morgan fingerprint density at radius 3 is 2.94 bits per heavy atom. The standard InChI is InChI=1S/C11H12ClN3O/c1-2-15-7-9(6-14-15)11(16)8-3-4-13-10(12)5-8/h3-7,11,16H,2H2,1H3. The van der Waals surface area contributed by atoms with Crippen LogP contribution in [0.3, 0.4) is 0 Å². The molecule has 1 N–H and O–H groups in total. The van der Waals surface area contributed by atoms with Crippen LogP contribution in [0.25, 0.3) is 0 Å². The van der Waals surface area contributed by atoms with Crippen LogP contribution in [-0.2, 0) is 6.54 Å². The maximum absolute atomic E-state index is 10.1. The molecule has 0 fully saturated rings. The van der Waals surface area contributed by atoms with E-state index >= 15 is 0 Å². The van der Waals surface area contributed by atoms with Crippen molar-refractivity contribution >= 4 is 11.6 Å². The molecule has 0 saturated carbocycles. The third-order valence-corrected chi connectivity index (χ3v) is 2.57. The summed E-state index contributed by atoms with van der Waals surface area (Å²) in [6, 6.07) is 3.38. The Kier molecular flexibility index (Phi) is 3.22. The monoisotopic (exact) mass is 237 g/mol. The van der Waals surface area contributed by atoms with E-state index in [2.05, 4.69) is 10.1 Å². The molecule has 0 spiro atoms. The molecule has 2 aromatic rings. The van der Waals surface area contributed by atoms with Crippen LogP contribution < -0.4 is 0 Å². The van der Waals surface area contributed by atoms with Crippen LogP contribution in [0.5, 0.6) is 0 Å². The average molecular weight is 238 g/mol. The van der Waals surface area contributed by atoms with Crippen LogP contribution in [0.15, 0.2) is 30.7 Å². The molecule has 2 aromatic heterocycles. The SMILES string of the molecule is CCn1cc(C(O)c2ccnc(Cl)c2)cn1. The molecule has 1 unspecified atom stereocenters. The van der Waals surface area contributed by atoms with Gasteiger partial charge in [0, 0.05) is 24.5 Å². The van der Waals surface area contributed by atoms with Crippen molar-refractivity contribution in [3.8, 4) is 0 Å². The Morgan fingerprint density at radius 2 is 2.31 bits per heavy atom. The molecule has 0 radical (unpaired) electrons. The zero-order valence-electron chi connectivity index (χ0n) is 8.84. The number of nitrogens with zero attached hydrogens (tertiary/aromatic N) is 3. The van der Waals surface area contributed by atoms with Crippen molar-refractivity contribution in [1.29, 1.82) is 0 Å². The minimum atomic E-state index is -0.708. The second-order valence-corrected chi connectivity index (χ2v) is 3.83. The van der Waals surface area contributed by atoms with Crippen molar-refractivity contribution in [2.45, 2.75) is 19.6 Å². The first-order valence-electron chi connectivity index (χ1n) is 5.02. The lowest BCUT2D eigenvalue weighted by atomic mass is 10.1. The molecule has 4 nitrogen and oxygen atoms in total. The number of aromatic nitrogens is 3. The van der Waals surface area contributed by atoms with Gasteiger partial charge in [0.1, 0.15) is 11.3 Å². The molecule has 0 amide bonds. The zero-order chi connectivity index (χ0) is 11.5. The first kappa shape index (κ1) is 11.1. The Balaban J connectivity index is 2.27. The van der Waals surface area contributed by atoms with E-state index in [-0.39, 0.29) is 0 Å². The molecule has 0 aliphatic rings. The number of halogens is 1. The van der Waals surface area contributed by atoms with E-state index in [1.807, 2.05) is 13.1 Å². The van der Waals surface area contributed by atoms with Crippen LogP contribution >= 0.6 is 11.6 Å². The number of aliphatic hydroxyl groups excluding tert-OH is 1. The Morgan fingerprint density at radius 1 is 1.50 bits per heavy atom. The van der Waals surface area contributed by atoms with E-state index in [0.717, 1.165) is 17.7 Å². The first-order chi connectivity index (χ1) is 7.70. The summed E-state index contributed by atoms with van der Waals surface area (Å²) in [5.74, 6) is 0. The Bertz CT molecular complexity index is 484. The normalized spacial score (nSPS) is 12.7. The molecule has 0 aliphatic heterocycles. The van der Waals surface area contributed by atoms with Crippen molar-refractivity contribution in [3.63, 3.8) is 0 Å². The zero-order valence-corrected chi connectivity index (χ0v) is 9.59. The second kappa shape index (κ2) is 4.63. The molecular formula is C11H12ClN3O. The van der Waals surface area contributed by atoms with Gasteiger partial charge in [-0.05, 0) is 24.6 Å². The van der Waals surface area contributed by atoms with Gasteiger partial charge in [0.05, 0.1) is 6.20 Å². The molecule has 5 heteroatoms. The van der Waals surface area contributed by atoms with Gasteiger partial charge in [0.2, 0.25) is 0 Å². The van der Waals surface area contributed by atoms with Crippen molar-refractivity contribution in [2.24, 2.45) is 0 Å². The number of rotatable bonds is 3. The van der Waals surface area contributed by atoms with Gasteiger partial charge in [0.15, 0.2) is 0 Å². The third kappa shape index (κ3) is 2.23. The number of aliphatic hydroxyl groups is 1. The van der Waals surface area contributed by atoms with E-state index in [4.69, 9.17) is 11.6 Å². The van der Waals surface area contributed by atoms with E-state index in [9.17, 15) is 5.11 Å². The molecule has 84 valence electrons. The molecule has 16 heavy (non-hydrogen) atoms. The van der Waals surface area contributed by atoms with Crippen molar-refractivity contribution in [2.75, 3.05) is 0 Å². The average Bonchev–Trinajstić information content (AvgIpc) is 2.76. The van der Waals surface area contributed by atoms with Crippen LogP contribution in [0.4, 0.5) is 0 Å². The van der Waals surface area contributed by atoms with Gasteiger partial charge in [0.25, 0.3) is 0 Å². The van der Waals surface area contributed by atoms with Crippen LogP contribution in [0, 0.1) is 0 Å². The van der Waals surface area contributed by atoms with E-state index in [1.54, 1.807) is 29.2 Å².